The highest BCUT2D eigenvalue weighted by Crippen LogP contribution is 2.38. The summed E-state index contributed by atoms with van der Waals surface area (Å²) in [6.45, 7) is 8.86. The quantitative estimate of drug-likeness (QED) is 0.777. The summed E-state index contributed by atoms with van der Waals surface area (Å²) in [6, 6.07) is 0. The van der Waals surface area contributed by atoms with Crippen LogP contribution in [0.4, 0.5) is 0 Å². The largest absolute Gasteiger partial charge is 0.480 e. The summed E-state index contributed by atoms with van der Waals surface area (Å²) >= 11 is 0. The lowest BCUT2D eigenvalue weighted by Gasteiger charge is -2.36. The van der Waals surface area contributed by atoms with E-state index in [0.717, 1.165) is 19.5 Å². The van der Waals surface area contributed by atoms with Crippen molar-refractivity contribution in [2.45, 2.75) is 52.9 Å². The van der Waals surface area contributed by atoms with Crippen LogP contribution in [0, 0.1) is 11.3 Å². The lowest BCUT2D eigenvalue weighted by atomic mass is 9.73. The molecule has 1 saturated carbocycles. The van der Waals surface area contributed by atoms with Gasteiger partial charge in [0.2, 0.25) is 0 Å². The molecule has 3 nitrogen and oxygen atoms in total. The molecular formula is C14H27NO2. The molecule has 0 saturated heterocycles. The third-order valence-electron chi connectivity index (χ3n) is 3.87. The van der Waals surface area contributed by atoms with E-state index in [2.05, 4.69) is 25.7 Å². The Morgan fingerprint density at radius 1 is 1.35 bits per heavy atom. The van der Waals surface area contributed by atoms with Crippen molar-refractivity contribution >= 4 is 5.97 Å². The lowest BCUT2D eigenvalue weighted by Crippen LogP contribution is -2.36. The Kier molecular flexibility index (Phi) is 5.44. The van der Waals surface area contributed by atoms with Crippen LogP contribution in [0.3, 0.4) is 0 Å². The third kappa shape index (κ3) is 5.53. The summed E-state index contributed by atoms with van der Waals surface area (Å²) in [4.78, 5) is 12.9. The number of rotatable bonds is 6. The third-order valence-corrected chi connectivity index (χ3v) is 3.87. The van der Waals surface area contributed by atoms with Crippen LogP contribution in [0.2, 0.25) is 0 Å². The molecule has 0 aliphatic heterocycles. The molecule has 1 aliphatic carbocycles. The molecule has 0 amide bonds. The van der Waals surface area contributed by atoms with Gasteiger partial charge in [-0.3, -0.25) is 9.69 Å². The van der Waals surface area contributed by atoms with Crippen molar-refractivity contribution < 1.29 is 9.90 Å². The van der Waals surface area contributed by atoms with Crippen molar-refractivity contribution in [1.82, 2.24) is 4.90 Å². The van der Waals surface area contributed by atoms with Crippen LogP contribution in [-0.2, 0) is 4.79 Å². The van der Waals surface area contributed by atoms with Crippen LogP contribution in [-0.4, -0.2) is 35.6 Å². The second kappa shape index (κ2) is 6.39. The van der Waals surface area contributed by atoms with Crippen molar-refractivity contribution in [3.63, 3.8) is 0 Å². The van der Waals surface area contributed by atoms with Gasteiger partial charge in [-0.1, -0.05) is 20.8 Å². The first-order chi connectivity index (χ1) is 7.93. The van der Waals surface area contributed by atoms with Gasteiger partial charge in [0, 0.05) is 6.54 Å². The van der Waals surface area contributed by atoms with Crippen molar-refractivity contribution in [3.05, 3.63) is 0 Å². The topological polar surface area (TPSA) is 40.5 Å². The van der Waals surface area contributed by atoms with Gasteiger partial charge in [0.15, 0.2) is 0 Å². The van der Waals surface area contributed by atoms with E-state index in [1.165, 1.54) is 25.7 Å². The molecule has 17 heavy (non-hydrogen) atoms. The summed E-state index contributed by atoms with van der Waals surface area (Å²) < 4.78 is 0. The number of nitrogens with zero attached hydrogens (tertiary/aromatic N) is 1. The van der Waals surface area contributed by atoms with E-state index in [-0.39, 0.29) is 6.54 Å². The summed E-state index contributed by atoms with van der Waals surface area (Å²) in [5.41, 5.74) is 0.499. The normalized spacial score (nSPS) is 20.7. The Morgan fingerprint density at radius 3 is 2.41 bits per heavy atom. The molecule has 0 atom stereocenters. The second-order valence-corrected chi connectivity index (χ2v) is 6.24. The molecule has 0 aromatic heterocycles. The standard InChI is InChI=1S/C14H27NO2/c1-4-9-15(11-13(16)17)10-12-5-7-14(2,3)8-6-12/h12H,4-11H2,1-3H3,(H,16,17). The van der Waals surface area contributed by atoms with Crippen molar-refractivity contribution in [2.75, 3.05) is 19.6 Å². The number of hydrogen-bond donors (Lipinski definition) is 1. The van der Waals surface area contributed by atoms with Crippen LogP contribution in [0.1, 0.15) is 52.9 Å². The molecule has 0 aromatic rings. The Bertz CT molecular complexity index is 241. The molecule has 0 spiro atoms. The fraction of sp³-hybridized carbons (Fsp3) is 0.929. The van der Waals surface area contributed by atoms with Gasteiger partial charge in [-0.05, 0) is 50.0 Å². The molecular weight excluding hydrogens is 214 g/mol. The first kappa shape index (κ1) is 14.5. The molecule has 0 heterocycles. The number of hydrogen-bond acceptors (Lipinski definition) is 2. The highest BCUT2D eigenvalue weighted by Gasteiger charge is 2.27. The molecule has 1 aliphatic rings. The van der Waals surface area contributed by atoms with Crippen LogP contribution < -0.4 is 0 Å². The molecule has 1 fully saturated rings. The van der Waals surface area contributed by atoms with Gasteiger partial charge < -0.3 is 5.11 Å². The zero-order valence-electron chi connectivity index (χ0n) is 11.5. The molecule has 0 bridgehead atoms. The maximum Gasteiger partial charge on any atom is 0.317 e. The van der Waals surface area contributed by atoms with Crippen LogP contribution in [0.15, 0.2) is 0 Å². The van der Waals surface area contributed by atoms with Crippen molar-refractivity contribution in [1.29, 1.82) is 0 Å². The molecule has 0 aromatic carbocycles. The van der Waals surface area contributed by atoms with E-state index < -0.39 is 5.97 Å². The number of aliphatic carboxylic acids is 1. The average molecular weight is 241 g/mol. The van der Waals surface area contributed by atoms with Gasteiger partial charge in [0.05, 0.1) is 6.54 Å². The summed E-state index contributed by atoms with van der Waals surface area (Å²) in [5.74, 6) is 0.00325. The number of carboxylic acid groups (broad SMARTS) is 1. The van der Waals surface area contributed by atoms with Gasteiger partial charge in [-0.15, -0.1) is 0 Å². The first-order valence-electron chi connectivity index (χ1n) is 6.87. The van der Waals surface area contributed by atoms with Gasteiger partial charge in [0.1, 0.15) is 0 Å². The van der Waals surface area contributed by atoms with E-state index in [4.69, 9.17) is 5.11 Å². The Labute approximate surface area is 105 Å². The lowest BCUT2D eigenvalue weighted by molar-refractivity contribution is -0.138. The minimum absolute atomic E-state index is 0.202. The fourth-order valence-electron chi connectivity index (χ4n) is 2.75. The van der Waals surface area contributed by atoms with E-state index in [9.17, 15) is 4.79 Å². The molecule has 3 heteroatoms. The van der Waals surface area contributed by atoms with Gasteiger partial charge in [-0.2, -0.15) is 0 Å². The second-order valence-electron chi connectivity index (χ2n) is 6.24. The first-order valence-corrected chi connectivity index (χ1v) is 6.87. The van der Waals surface area contributed by atoms with Crippen molar-refractivity contribution in [2.24, 2.45) is 11.3 Å². The van der Waals surface area contributed by atoms with Crippen LogP contribution >= 0.6 is 0 Å². The zero-order valence-corrected chi connectivity index (χ0v) is 11.5. The SMILES string of the molecule is CCCN(CC(=O)O)CC1CCC(C)(C)CC1. The van der Waals surface area contributed by atoms with Gasteiger partial charge in [-0.25, -0.2) is 0 Å². The predicted molar refractivity (Wildman–Crippen MR) is 70.1 cm³/mol. The van der Waals surface area contributed by atoms with Crippen molar-refractivity contribution in [3.8, 4) is 0 Å². The highest BCUT2D eigenvalue weighted by molar-refractivity contribution is 5.69. The Morgan fingerprint density at radius 2 is 1.94 bits per heavy atom. The Balaban J connectivity index is 2.37. The van der Waals surface area contributed by atoms with E-state index in [1.54, 1.807) is 0 Å². The summed E-state index contributed by atoms with van der Waals surface area (Å²) in [6.07, 6.45) is 6.11. The summed E-state index contributed by atoms with van der Waals surface area (Å²) in [5, 5.41) is 8.88. The Hall–Kier alpha value is -0.570. The maximum atomic E-state index is 10.8. The molecule has 1 N–H and O–H groups in total. The molecule has 100 valence electrons. The van der Waals surface area contributed by atoms with Crippen LogP contribution in [0.25, 0.3) is 0 Å². The highest BCUT2D eigenvalue weighted by atomic mass is 16.4. The molecule has 1 rings (SSSR count). The van der Waals surface area contributed by atoms with Crippen LogP contribution in [0.5, 0.6) is 0 Å². The van der Waals surface area contributed by atoms with E-state index in [1.807, 2.05) is 0 Å². The molecule has 0 unspecified atom stereocenters. The summed E-state index contributed by atoms with van der Waals surface area (Å²) in [7, 11) is 0. The predicted octanol–water partition coefficient (Wildman–Crippen LogP) is 3.00. The average Bonchev–Trinajstić information content (AvgIpc) is 2.20. The maximum absolute atomic E-state index is 10.8. The van der Waals surface area contributed by atoms with Gasteiger partial charge >= 0.3 is 5.97 Å². The zero-order chi connectivity index (χ0) is 12.9. The fourth-order valence-corrected chi connectivity index (χ4v) is 2.75. The smallest absolute Gasteiger partial charge is 0.317 e. The number of carboxylic acids is 1. The monoisotopic (exact) mass is 241 g/mol. The minimum atomic E-state index is -0.699. The van der Waals surface area contributed by atoms with E-state index >= 15 is 0 Å². The number of carbonyl (C=O) groups is 1. The van der Waals surface area contributed by atoms with E-state index in [0.29, 0.717) is 11.3 Å². The minimum Gasteiger partial charge on any atom is -0.480 e. The van der Waals surface area contributed by atoms with Gasteiger partial charge in [0.25, 0.3) is 0 Å². The molecule has 0 radical (unpaired) electrons.